The second kappa shape index (κ2) is 11.4. The van der Waals surface area contributed by atoms with E-state index in [1.807, 2.05) is 43.3 Å². The predicted molar refractivity (Wildman–Crippen MR) is 131 cm³/mol. The molecular weight excluding hydrogens is 475 g/mol. The highest BCUT2D eigenvalue weighted by atomic mass is 35.5. The van der Waals surface area contributed by atoms with Gasteiger partial charge in [0.15, 0.2) is 5.75 Å². The summed E-state index contributed by atoms with van der Waals surface area (Å²) in [6, 6.07) is 20.3. The van der Waals surface area contributed by atoms with Crippen molar-refractivity contribution >= 4 is 41.2 Å². The Kier molecular flexibility index (Phi) is 8.31. The van der Waals surface area contributed by atoms with Gasteiger partial charge in [-0.2, -0.15) is 5.26 Å². The molecule has 0 unspecified atom stereocenters. The smallest absolute Gasteiger partial charge is 0.335 e. The van der Waals surface area contributed by atoms with E-state index >= 15 is 0 Å². The average Bonchev–Trinajstić information content (AvgIpc) is 2.82. The van der Waals surface area contributed by atoms with Gasteiger partial charge in [-0.25, -0.2) is 4.79 Å². The number of nitrogens with one attached hydrogen (secondary N) is 1. The van der Waals surface area contributed by atoms with Gasteiger partial charge in [0.2, 0.25) is 0 Å². The first-order chi connectivity index (χ1) is 16.3. The Morgan fingerprint density at radius 1 is 1.09 bits per heavy atom. The molecule has 2 N–H and O–H groups in total. The maximum Gasteiger partial charge on any atom is 0.335 e. The van der Waals surface area contributed by atoms with E-state index < -0.39 is 11.9 Å². The van der Waals surface area contributed by atoms with Gasteiger partial charge in [-0.3, -0.25) is 4.79 Å². The molecule has 8 heteroatoms. The second-order valence-electron chi connectivity index (χ2n) is 7.38. The summed E-state index contributed by atoms with van der Waals surface area (Å²) in [5, 5.41) is 21.7. The minimum Gasteiger partial charge on any atom is -0.486 e. The lowest BCUT2D eigenvalue weighted by molar-refractivity contribution is -0.117. The maximum atomic E-state index is 12.6. The number of halogens is 2. The van der Waals surface area contributed by atoms with Crippen LogP contribution in [0.3, 0.4) is 0 Å². The summed E-state index contributed by atoms with van der Waals surface area (Å²) in [7, 11) is 0. The number of hydrogen-bond acceptors (Lipinski definition) is 4. The summed E-state index contributed by atoms with van der Waals surface area (Å²) in [5.74, 6) is -1.29. The SMILES string of the molecule is C[C@H](NC(=O)/C(C#N)=C\c1cc(Cl)c(OCc2ccc(C(=O)O)cc2)c(Cl)c1)c1ccccc1. The number of ether oxygens (including phenoxy) is 1. The van der Waals surface area contributed by atoms with E-state index in [0.717, 1.165) is 11.1 Å². The molecule has 6 nitrogen and oxygen atoms in total. The fourth-order valence-corrected chi connectivity index (χ4v) is 3.73. The molecule has 0 spiro atoms. The highest BCUT2D eigenvalue weighted by Crippen LogP contribution is 2.35. The van der Waals surface area contributed by atoms with Gasteiger partial charge < -0.3 is 15.2 Å². The van der Waals surface area contributed by atoms with Crippen molar-refractivity contribution in [1.29, 1.82) is 5.26 Å². The first kappa shape index (κ1) is 24.8. The standard InChI is InChI=1S/C26H20Cl2N2O4/c1-16(19-5-3-2-4-6-19)30-25(31)21(14-29)11-18-12-22(27)24(23(28)13-18)34-15-17-7-9-20(10-8-17)26(32)33/h2-13,16H,15H2,1H3,(H,30,31)(H,32,33)/b21-11-/t16-/m0/s1. The predicted octanol–water partition coefficient (Wildman–Crippen LogP) is 6.05. The molecule has 0 heterocycles. The molecule has 0 fully saturated rings. The van der Waals surface area contributed by atoms with E-state index in [1.54, 1.807) is 24.3 Å². The average molecular weight is 495 g/mol. The summed E-state index contributed by atoms with van der Waals surface area (Å²) in [5.41, 5.74) is 2.19. The van der Waals surface area contributed by atoms with Gasteiger partial charge in [0.1, 0.15) is 18.2 Å². The zero-order valence-corrected chi connectivity index (χ0v) is 19.6. The van der Waals surface area contributed by atoms with Gasteiger partial charge in [-0.15, -0.1) is 0 Å². The molecule has 3 aromatic rings. The molecule has 1 atom stereocenters. The van der Waals surface area contributed by atoms with Crippen molar-refractivity contribution in [3.63, 3.8) is 0 Å². The van der Waals surface area contributed by atoms with Crippen molar-refractivity contribution in [2.45, 2.75) is 19.6 Å². The minimum atomic E-state index is -1.01. The molecule has 0 aromatic heterocycles. The van der Waals surface area contributed by atoms with Crippen LogP contribution in [0.15, 0.2) is 72.3 Å². The molecule has 0 aliphatic carbocycles. The number of nitrogens with zero attached hydrogens (tertiary/aromatic N) is 1. The third kappa shape index (κ3) is 6.38. The number of hydrogen-bond donors (Lipinski definition) is 2. The number of carbonyl (C=O) groups excluding carboxylic acids is 1. The van der Waals surface area contributed by atoms with Crippen LogP contribution in [-0.4, -0.2) is 17.0 Å². The zero-order chi connectivity index (χ0) is 24.7. The quantitative estimate of drug-likeness (QED) is 0.293. The normalized spacial score (nSPS) is 11.9. The highest BCUT2D eigenvalue weighted by Gasteiger charge is 2.15. The van der Waals surface area contributed by atoms with Crippen molar-refractivity contribution in [2.24, 2.45) is 0 Å². The van der Waals surface area contributed by atoms with Crippen LogP contribution in [0.1, 0.15) is 40.0 Å². The molecular formula is C26H20Cl2N2O4. The lowest BCUT2D eigenvalue weighted by Gasteiger charge is -2.14. The Morgan fingerprint density at radius 2 is 1.71 bits per heavy atom. The van der Waals surface area contributed by atoms with Crippen molar-refractivity contribution in [2.75, 3.05) is 0 Å². The van der Waals surface area contributed by atoms with E-state index in [0.29, 0.717) is 5.56 Å². The van der Waals surface area contributed by atoms with Crippen LogP contribution >= 0.6 is 23.2 Å². The zero-order valence-electron chi connectivity index (χ0n) is 18.1. The van der Waals surface area contributed by atoms with Crippen LogP contribution in [0.25, 0.3) is 6.08 Å². The minimum absolute atomic E-state index is 0.0953. The van der Waals surface area contributed by atoms with E-state index in [4.69, 9.17) is 33.0 Å². The largest absolute Gasteiger partial charge is 0.486 e. The molecule has 0 bridgehead atoms. The Bertz CT molecular complexity index is 1240. The lowest BCUT2D eigenvalue weighted by atomic mass is 10.1. The summed E-state index contributed by atoms with van der Waals surface area (Å²) in [6.45, 7) is 1.95. The van der Waals surface area contributed by atoms with Gasteiger partial charge in [0.25, 0.3) is 5.91 Å². The van der Waals surface area contributed by atoms with Crippen LogP contribution in [-0.2, 0) is 11.4 Å². The fraction of sp³-hybridized carbons (Fsp3) is 0.115. The Morgan fingerprint density at radius 3 is 2.26 bits per heavy atom. The van der Waals surface area contributed by atoms with Crippen molar-refractivity contribution in [3.8, 4) is 11.8 Å². The number of carboxylic acid groups (broad SMARTS) is 1. The molecule has 3 rings (SSSR count). The second-order valence-corrected chi connectivity index (χ2v) is 8.19. The van der Waals surface area contributed by atoms with Crippen molar-refractivity contribution in [3.05, 3.63) is 105 Å². The number of benzene rings is 3. The molecule has 1 amide bonds. The Labute approximate surface area is 207 Å². The number of nitriles is 1. The first-order valence-electron chi connectivity index (χ1n) is 10.2. The van der Waals surface area contributed by atoms with Crippen LogP contribution in [0, 0.1) is 11.3 Å². The fourth-order valence-electron chi connectivity index (χ4n) is 3.11. The molecule has 0 saturated heterocycles. The van der Waals surface area contributed by atoms with Crippen LogP contribution in [0.4, 0.5) is 0 Å². The van der Waals surface area contributed by atoms with Crippen LogP contribution in [0.5, 0.6) is 5.75 Å². The maximum absolute atomic E-state index is 12.6. The van der Waals surface area contributed by atoms with E-state index in [2.05, 4.69) is 5.32 Å². The lowest BCUT2D eigenvalue weighted by Crippen LogP contribution is -2.27. The summed E-state index contributed by atoms with van der Waals surface area (Å²) < 4.78 is 5.71. The third-order valence-electron chi connectivity index (χ3n) is 4.93. The van der Waals surface area contributed by atoms with E-state index in [-0.39, 0.29) is 39.6 Å². The van der Waals surface area contributed by atoms with Gasteiger partial charge in [0, 0.05) is 0 Å². The van der Waals surface area contributed by atoms with Gasteiger partial charge in [0.05, 0.1) is 21.7 Å². The monoisotopic (exact) mass is 494 g/mol. The highest BCUT2D eigenvalue weighted by molar-refractivity contribution is 6.37. The van der Waals surface area contributed by atoms with Gasteiger partial charge in [-0.05, 0) is 54.0 Å². The van der Waals surface area contributed by atoms with Crippen molar-refractivity contribution in [1.82, 2.24) is 5.32 Å². The molecule has 0 aliphatic heterocycles. The van der Waals surface area contributed by atoms with Gasteiger partial charge >= 0.3 is 5.97 Å². The summed E-state index contributed by atoms with van der Waals surface area (Å²) in [6.07, 6.45) is 1.40. The molecule has 0 aliphatic rings. The molecule has 34 heavy (non-hydrogen) atoms. The molecule has 3 aromatic carbocycles. The Hall–Kier alpha value is -3.79. The Balaban J connectivity index is 1.72. The topological polar surface area (TPSA) is 99.4 Å². The number of aromatic carboxylic acids is 1. The molecule has 0 radical (unpaired) electrons. The van der Waals surface area contributed by atoms with Gasteiger partial charge in [-0.1, -0.05) is 65.7 Å². The molecule has 0 saturated carbocycles. The first-order valence-corrected chi connectivity index (χ1v) is 11.0. The van der Waals surface area contributed by atoms with Crippen LogP contribution < -0.4 is 10.1 Å². The number of amides is 1. The van der Waals surface area contributed by atoms with E-state index in [9.17, 15) is 14.9 Å². The summed E-state index contributed by atoms with van der Waals surface area (Å²) in [4.78, 5) is 23.5. The van der Waals surface area contributed by atoms with Crippen molar-refractivity contribution < 1.29 is 19.4 Å². The molecule has 172 valence electrons. The summed E-state index contributed by atoms with van der Waals surface area (Å²) >= 11 is 12.7. The van der Waals surface area contributed by atoms with Crippen LogP contribution in [0.2, 0.25) is 10.0 Å². The third-order valence-corrected chi connectivity index (χ3v) is 5.49. The number of rotatable bonds is 8. The number of carbonyl (C=O) groups is 2. The number of carboxylic acids is 1. The van der Waals surface area contributed by atoms with E-state index in [1.165, 1.54) is 18.2 Å².